The van der Waals surface area contributed by atoms with Gasteiger partial charge in [0.2, 0.25) is 0 Å². The van der Waals surface area contributed by atoms with E-state index in [0.29, 0.717) is 19.3 Å². The molecule has 116 valence electrons. The van der Waals surface area contributed by atoms with E-state index in [9.17, 15) is 4.79 Å². The van der Waals surface area contributed by atoms with Gasteiger partial charge in [0.05, 0.1) is 5.41 Å². The summed E-state index contributed by atoms with van der Waals surface area (Å²) in [5.41, 5.74) is 9.01. The van der Waals surface area contributed by atoms with Crippen molar-refractivity contribution in [1.29, 1.82) is 0 Å². The Morgan fingerprint density at radius 1 is 1.50 bits per heavy atom. The van der Waals surface area contributed by atoms with Gasteiger partial charge in [-0.05, 0) is 43.7 Å². The molecule has 0 heterocycles. The Hall–Kier alpha value is -2.26. The van der Waals surface area contributed by atoms with E-state index in [4.69, 9.17) is 10.3 Å². The van der Waals surface area contributed by atoms with Gasteiger partial charge in [-0.1, -0.05) is 47.6 Å². The van der Waals surface area contributed by atoms with Gasteiger partial charge in [0.1, 0.15) is 6.61 Å². The highest BCUT2D eigenvalue weighted by molar-refractivity contribution is 5.77. The summed E-state index contributed by atoms with van der Waals surface area (Å²) < 4.78 is 5.53. The molecular formula is C17H21N3O2. The number of nitrogens with zero attached hydrogens (tertiary/aromatic N) is 3. The Morgan fingerprint density at radius 3 is 2.95 bits per heavy atom. The molecule has 1 aromatic carbocycles. The molecule has 2 rings (SSSR count). The first-order chi connectivity index (χ1) is 10.7. The first-order valence-corrected chi connectivity index (χ1v) is 7.57. The second kappa shape index (κ2) is 7.66. The number of carbonyl (C=O) groups excluding carboxylic acids is 1. The normalized spacial score (nSPS) is 24.1. The molecule has 0 radical (unpaired) electrons. The lowest BCUT2D eigenvalue weighted by Gasteiger charge is -2.25. The Morgan fingerprint density at radius 2 is 2.27 bits per heavy atom. The maximum atomic E-state index is 12.6. The quantitative estimate of drug-likeness (QED) is 0.254. The maximum Gasteiger partial charge on any atom is 0.312 e. The van der Waals surface area contributed by atoms with Crippen LogP contribution >= 0.6 is 0 Å². The van der Waals surface area contributed by atoms with Crippen LogP contribution in [0.25, 0.3) is 10.4 Å². The minimum Gasteiger partial charge on any atom is -0.460 e. The molecule has 0 bridgehead atoms. The molecule has 2 atom stereocenters. The highest BCUT2D eigenvalue weighted by Gasteiger charge is 2.45. The van der Waals surface area contributed by atoms with E-state index in [0.717, 1.165) is 12.0 Å². The Labute approximate surface area is 130 Å². The molecule has 0 amide bonds. The highest BCUT2D eigenvalue weighted by atomic mass is 16.5. The molecule has 1 aromatic rings. The van der Waals surface area contributed by atoms with Crippen molar-refractivity contribution in [2.24, 2.45) is 10.5 Å². The molecular weight excluding hydrogens is 278 g/mol. The molecule has 5 heteroatoms. The van der Waals surface area contributed by atoms with Crippen LogP contribution in [-0.4, -0.2) is 12.0 Å². The number of ether oxygens (including phenoxy) is 1. The average molecular weight is 299 g/mol. The van der Waals surface area contributed by atoms with E-state index in [1.807, 2.05) is 49.4 Å². The Kier molecular flexibility index (Phi) is 5.61. The second-order valence-corrected chi connectivity index (χ2v) is 5.72. The Balaban J connectivity index is 2.05. The molecule has 0 saturated heterocycles. The fourth-order valence-corrected chi connectivity index (χ4v) is 2.94. The van der Waals surface area contributed by atoms with Gasteiger partial charge in [0, 0.05) is 11.0 Å². The van der Waals surface area contributed by atoms with Gasteiger partial charge >= 0.3 is 5.97 Å². The summed E-state index contributed by atoms with van der Waals surface area (Å²) in [6.07, 6.45) is 6.57. The van der Waals surface area contributed by atoms with Crippen molar-refractivity contribution in [1.82, 2.24) is 0 Å². The molecule has 5 nitrogen and oxygen atoms in total. The zero-order valence-corrected chi connectivity index (χ0v) is 12.8. The SMILES string of the molecule is CC=CCC1(C(=O)OCc2ccccc2)CC[C@H](N=[N+]=[N-])C1. The molecule has 1 aliphatic rings. The number of rotatable bonds is 6. The smallest absolute Gasteiger partial charge is 0.312 e. The van der Waals surface area contributed by atoms with E-state index >= 15 is 0 Å². The van der Waals surface area contributed by atoms with Gasteiger partial charge in [-0.3, -0.25) is 4.79 Å². The molecule has 0 aromatic heterocycles. The lowest BCUT2D eigenvalue weighted by molar-refractivity contribution is -0.157. The summed E-state index contributed by atoms with van der Waals surface area (Å²) in [6.45, 7) is 2.21. The molecule has 22 heavy (non-hydrogen) atoms. The predicted molar refractivity (Wildman–Crippen MR) is 84.9 cm³/mol. The van der Waals surface area contributed by atoms with Crippen LogP contribution in [0.5, 0.6) is 0 Å². The van der Waals surface area contributed by atoms with Crippen LogP contribution in [0, 0.1) is 5.41 Å². The number of azide groups is 1. The van der Waals surface area contributed by atoms with E-state index in [-0.39, 0.29) is 18.6 Å². The number of carbonyl (C=O) groups is 1. The van der Waals surface area contributed by atoms with Crippen molar-refractivity contribution >= 4 is 5.97 Å². The first-order valence-electron chi connectivity index (χ1n) is 7.57. The molecule has 0 N–H and O–H groups in total. The minimum atomic E-state index is -0.555. The van der Waals surface area contributed by atoms with Crippen molar-refractivity contribution in [2.45, 2.75) is 45.3 Å². The van der Waals surface area contributed by atoms with Gasteiger partial charge in [-0.15, -0.1) is 0 Å². The van der Waals surface area contributed by atoms with E-state index in [1.165, 1.54) is 0 Å². The number of benzene rings is 1. The third kappa shape index (κ3) is 3.89. The predicted octanol–water partition coefficient (Wildman–Crippen LogP) is 4.55. The largest absolute Gasteiger partial charge is 0.460 e. The molecule has 1 aliphatic carbocycles. The van der Waals surface area contributed by atoms with Gasteiger partial charge in [0.15, 0.2) is 0 Å². The maximum absolute atomic E-state index is 12.6. The van der Waals surface area contributed by atoms with Crippen LogP contribution in [0.3, 0.4) is 0 Å². The van der Waals surface area contributed by atoms with Crippen LogP contribution in [0.1, 0.15) is 38.2 Å². The van der Waals surface area contributed by atoms with Crippen molar-refractivity contribution in [3.63, 3.8) is 0 Å². The van der Waals surface area contributed by atoms with Crippen molar-refractivity contribution < 1.29 is 9.53 Å². The summed E-state index contributed by atoms with van der Waals surface area (Å²) in [4.78, 5) is 15.5. The summed E-state index contributed by atoms with van der Waals surface area (Å²) in [5.74, 6) is -0.190. The fourth-order valence-electron chi connectivity index (χ4n) is 2.94. The monoisotopic (exact) mass is 299 g/mol. The summed E-state index contributed by atoms with van der Waals surface area (Å²) in [6, 6.07) is 9.53. The third-order valence-electron chi connectivity index (χ3n) is 4.19. The minimum absolute atomic E-state index is 0.112. The van der Waals surface area contributed by atoms with Crippen LogP contribution in [0.4, 0.5) is 0 Å². The van der Waals surface area contributed by atoms with Gasteiger partial charge in [0.25, 0.3) is 0 Å². The van der Waals surface area contributed by atoms with Crippen LogP contribution in [-0.2, 0) is 16.1 Å². The fraction of sp³-hybridized carbons (Fsp3) is 0.471. The number of hydrogen-bond acceptors (Lipinski definition) is 3. The van der Waals surface area contributed by atoms with Crippen LogP contribution in [0.2, 0.25) is 0 Å². The van der Waals surface area contributed by atoms with E-state index in [2.05, 4.69) is 10.0 Å². The molecule has 1 unspecified atom stereocenters. The van der Waals surface area contributed by atoms with E-state index in [1.54, 1.807) is 0 Å². The number of allylic oxidation sites excluding steroid dienone is 2. The van der Waals surface area contributed by atoms with Gasteiger partial charge in [-0.25, -0.2) is 0 Å². The summed E-state index contributed by atoms with van der Waals surface area (Å²) in [7, 11) is 0. The first kappa shape index (κ1) is 16.1. The second-order valence-electron chi connectivity index (χ2n) is 5.72. The highest BCUT2D eigenvalue weighted by Crippen LogP contribution is 2.44. The van der Waals surface area contributed by atoms with Crippen LogP contribution in [0.15, 0.2) is 47.6 Å². The van der Waals surface area contributed by atoms with Crippen molar-refractivity contribution in [3.05, 3.63) is 58.5 Å². The summed E-state index contributed by atoms with van der Waals surface area (Å²) >= 11 is 0. The standard InChI is InChI=1S/C17H21N3O2/c1-2-3-10-17(11-9-15(12-17)19-20-18)16(21)22-13-14-7-5-4-6-8-14/h2-8,15H,9-13H2,1H3/t15-,17?/m0/s1. The lowest BCUT2D eigenvalue weighted by atomic mass is 9.82. The van der Waals surface area contributed by atoms with Crippen LogP contribution < -0.4 is 0 Å². The summed E-state index contributed by atoms with van der Waals surface area (Å²) in [5, 5.41) is 3.78. The van der Waals surface area contributed by atoms with E-state index < -0.39 is 5.41 Å². The Bertz CT molecular complexity index is 579. The molecule has 1 saturated carbocycles. The lowest BCUT2D eigenvalue weighted by Crippen LogP contribution is -2.30. The molecule has 1 fully saturated rings. The topological polar surface area (TPSA) is 75.1 Å². The molecule has 0 spiro atoms. The number of esters is 1. The molecule has 0 aliphatic heterocycles. The van der Waals surface area contributed by atoms with Crippen molar-refractivity contribution in [2.75, 3.05) is 0 Å². The number of hydrogen-bond donors (Lipinski definition) is 0. The zero-order valence-electron chi connectivity index (χ0n) is 12.8. The third-order valence-corrected chi connectivity index (χ3v) is 4.19. The zero-order chi connectivity index (χ0) is 15.8. The average Bonchev–Trinajstić information content (AvgIpc) is 2.96. The van der Waals surface area contributed by atoms with Crippen molar-refractivity contribution in [3.8, 4) is 0 Å². The van der Waals surface area contributed by atoms with Gasteiger partial charge in [-0.2, -0.15) is 0 Å². The van der Waals surface area contributed by atoms with Gasteiger partial charge < -0.3 is 4.74 Å².